The van der Waals surface area contributed by atoms with Gasteiger partial charge in [-0.15, -0.1) is 0 Å². The van der Waals surface area contributed by atoms with Crippen LogP contribution in [0.3, 0.4) is 0 Å². The van der Waals surface area contributed by atoms with Crippen LogP contribution >= 0.6 is 34.2 Å². The van der Waals surface area contributed by atoms with Crippen molar-refractivity contribution in [3.8, 4) is 11.4 Å². The third kappa shape index (κ3) is 2.68. The Balaban J connectivity index is 2.11. The number of nitrogens with zero attached hydrogens (tertiary/aromatic N) is 3. The van der Waals surface area contributed by atoms with Gasteiger partial charge in [0.05, 0.1) is 9.26 Å². The van der Waals surface area contributed by atoms with Crippen molar-refractivity contribution in [2.75, 3.05) is 0 Å². The van der Waals surface area contributed by atoms with Crippen molar-refractivity contribution in [1.82, 2.24) is 15.0 Å². The summed E-state index contributed by atoms with van der Waals surface area (Å²) in [5.41, 5.74) is 3.20. The Bertz CT molecular complexity index is 639. The maximum atomic E-state index is 6.32. The van der Waals surface area contributed by atoms with Gasteiger partial charge in [0.15, 0.2) is 5.82 Å². The quantitative estimate of drug-likeness (QED) is 0.540. The molecule has 0 bridgehead atoms. The molecule has 20 heavy (non-hydrogen) atoms. The minimum atomic E-state index is 0.526. The fourth-order valence-corrected chi connectivity index (χ4v) is 3.58. The van der Waals surface area contributed by atoms with Gasteiger partial charge in [-0.3, -0.25) is 4.98 Å². The van der Waals surface area contributed by atoms with Crippen molar-refractivity contribution in [1.29, 1.82) is 0 Å². The molecule has 0 aromatic carbocycles. The Morgan fingerprint density at radius 3 is 2.70 bits per heavy atom. The van der Waals surface area contributed by atoms with E-state index >= 15 is 0 Å². The van der Waals surface area contributed by atoms with E-state index in [1.807, 2.05) is 19.2 Å². The van der Waals surface area contributed by atoms with Gasteiger partial charge in [0.25, 0.3) is 0 Å². The summed E-state index contributed by atoms with van der Waals surface area (Å²) in [6.45, 7) is 2.04. The van der Waals surface area contributed by atoms with Crippen LogP contribution < -0.4 is 0 Å². The van der Waals surface area contributed by atoms with Gasteiger partial charge in [0, 0.05) is 23.9 Å². The van der Waals surface area contributed by atoms with E-state index in [0.717, 1.165) is 20.4 Å². The summed E-state index contributed by atoms with van der Waals surface area (Å²) in [7, 11) is 0. The first-order valence-corrected chi connectivity index (χ1v) is 8.26. The Kier molecular flexibility index (Phi) is 4.21. The number of halogens is 2. The summed E-state index contributed by atoms with van der Waals surface area (Å²) in [5, 5.41) is 0.556. The van der Waals surface area contributed by atoms with E-state index in [2.05, 4.69) is 32.6 Å². The van der Waals surface area contributed by atoms with Gasteiger partial charge in [-0.2, -0.15) is 0 Å². The zero-order chi connectivity index (χ0) is 14.1. The topological polar surface area (TPSA) is 38.7 Å². The van der Waals surface area contributed by atoms with Crippen LogP contribution in [0.25, 0.3) is 11.4 Å². The van der Waals surface area contributed by atoms with Gasteiger partial charge in [-0.1, -0.05) is 24.4 Å². The molecule has 0 radical (unpaired) electrons. The van der Waals surface area contributed by atoms with E-state index in [-0.39, 0.29) is 0 Å². The van der Waals surface area contributed by atoms with Crippen LogP contribution in [0.2, 0.25) is 5.15 Å². The van der Waals surface area contributed by atoms with Crippen LogP contribution in [0, 0.1) is 10.5 Å². The Labute approximate surface area is 137 Å². The van der Waals surface area contributed by atoms with E-state index in [4.69, 9.17) is 16.6 Å². The molecule has 0 spiro atoms. The standard InChI is InChI=1S/C15H15ClIN3/c1-9-6-7-18-8-11(9)15-19-13(10-4-2-3-5-10)12(17)14(16)20-15/h6-8,10H,2-5H2,1H3. The van der Waals surface area contributed by atoms with Gasteiger partial charge in [0.1, 0.15) is 5.15 Å². The normalized spacial score (nSPS) is 15.8. The molecule has 5 heteroatoms. The highest BCUT2D eigenvalue weighted by Gasteiger charge is 2.24. The third-order valence-electron chi connectivity index (χ3n) is 3.86. The maximum absolute atomic E-state index is 6.32. The molecule has 3 nitrogen and oxygen atoms in total. The monoisotopic (exact) mass is 399 g/mol. The highest BCUT2D eigenvalue weighted by molar-refractivity contribution is 14.1. The predicted molar refractivity (Wildman–Crippen MR) is 88.9 cm³/mol. The van der Waals surface area contributed by atoms with Crippen LogP contribution in [0.4, 0.5) is 0 Å². The van der Waals surface area contributed by atoms with Gasteiger partial charge < -0.3 is 0 Å². The molecule has 0 saturated heterocycles. The fraction of sp³-hybridized carbons (Fsp3) is 0.400. The van der Waals surface area contributed by atoms with Crippen LogP contribution in [0.5, 0.6) is 0 Å². The Morgan fingerprint density at radius 1 is 1.25 bits per heavy atom. The Morgan fingerprint density at radius 2 is 2.00 bits per heavy atom. The van der Waals surface area contributed by atoms with Crippen molar-refractivity contribution in [2.24, 2.45) is 0 Å². The minimum Gasteiger partial charge on any atom is -0.264 e. The number of aromatic nitrogens is 3. The fourth-order valence-electron chi connectivity index (χ4n) is 2.72. The smallest absolute Gasteiger partial charge is 0.163 e. The van der Waals surface area contributed by atoms with E-state index in [0.29, 0.717) is 16.9 Å². The van der Waals surface area contributed by atoms with Crippen molar-refractivity contribution in [3.05, 3.63) is 38.4 Å². The van der Waals surface area contributed by atoms with Gasteiger partial charge in [0.2, 0.25) is 0 Å². The van der Waals surface area contributed by atoms with Gasteiger partial charge in [-0.25, -0.2) is 9.97 Å². The summed E-state index contributed by atoms with van der Waals surface area (Å²) in [6, 6.07) is 1.97. The van der Waals surface area contributed by atoms with Crippen LogP contribution in [0.15, 0.2) is 18.5 Å². The zero-order valence-electron chi connectivity index (χ0n) is 11.2. The lowest BCUT2D eigenvalue weighted by Crippen LogP contribution is -2.05. The van der Waals surface area contributed by atoms with Crippen molar-refractivity contribution in [3.63, 3.8) is 0 Å². The molecule has 1 aliphatic carbocycles. The van der Waals surface area contributed by atoms with Crippen LogP contribution in [-0.4, -0.2) is 15.0 Å². The molecular formula is C15H15ClIN3. The SMILES string of the molecule is Cc1ccncc1-c1nc(Cl)c(I)c(C2CCCC2)n1. The van der Waals surface area contributed by atoms with Gasteiger partial charge in [-0.05, 0) is 54.0 Å². The summed E-state index contributed by atoms with van der Waals surface area (Å²) in [6.07, 6.45) is 8.56. The van der Waals surface area contributed by atoms with E-state index in [1.165, 1.54) is 25.7 Å². The lowest BCUT2D eigenvalue weighted by Gasteiger charge is -2.14. The molecular weight excluding hydrogens is 385 g/mol. The van der Waals surface area contributed by atoms with Crippen molar-refractivity contribution >= 4 is 34.2 Å². The average Bonchev–Trinajstić information content (AvgIpc) is 2.96. The Hall–Kier alpha value is -0.750. The molecule has 0 atom stereocenters. The molecule has 2 aromatic heterocycles. The summed E-state index contributed by atoms with van der Waals surface area (Å²) in [5.74, 6) is 1.22. The molecule has 0 N–H and O–H groups in total. The highest BCUT2D eigenvalue weighted by Crippen LogP contribution is 2.37. The summed E-state index contributed by atoms with van der Waals surface area (Å²) < 4.78 is 1.00. The van der Waals surface area contributed by atoms with Crippen molar-refractivity contribution in [2.45, 2.75) is 38.5 Å². The lowest BCUT2D eigenvalue weighted by molar-refractivity contribution is 0.690. The molecule has 1 fully saturated rings. The molecule has 1 saturated carbocycles. The third-order valence-corrected chi connectivity index (χ3v) is 5.51. The molecule has 1 aliphatic rings. The second-order valence-electron chi connectivity index (χ2n) is 5.21. The number of aryl methyl sites for hydroxylation is 1. The summed E-state index contributed by atoms with van der Waals surface area (Å²) in [4.78, 5) is 13.4. The van der Waals surface area contributed by atoms with Gasteiger partial charge >= 0.3 is 0 Å². The molecule has 2 heterocycles. The van der Waals surface area contributed by atoms with E-state index in [9.17, 15) is 0 Å². The maximum Gasteiger partial charge on any atom is 0.163 e. The minimum absolute atomic E-state index is 0.526. The molecule has 3 rings (SSSR count). The molecule has 0 amide bonds. The largest absolute Gasteiger partial charge is 0.264 e. The number of pyridine rings is 1. The van der Waals surface area contributed by atoms with Crippen LogP contribution in [0.1, 0.15) is 42.9 Å². The van der Waals surface area contributed by atoms with E-state index < -0.39 is 0 Å². The first-order chi connectivity index (χ1) is 9.66. The van der Waals surface area contributed by atoms with E-state index in [1.54, 1.807) is 6.20 Å². The van der Waals surface area contributed by atoms with Crippen molar-refractivity contribution < 1.29 is 0 Å². The molecule has 0 aliphatic heterocycles. The zero-order valence-corrected chi connectivity index (χ0v) is 14.1. The van der Waals surface area contributed by atoms with Crippen LogP contribution in [-0.2, 0) is 0 Å². The number of hydrogen-bond acceptors (Lipinski definition) is 3. The molecule has 0 unspecified atom stereocenters. The highest BCUT2D eigenvalue weighted by atomic mass is 127. The second kappa shape index (κ2) is 5.93. The lowest BCUT2D eigenvalue weighted by atomic mass is 10.0. The second-order valence-corrected chi connectivity index (χ2v) is 6.65. The number of hydrogen-bond donors (Lipinski definition) is 0. The average molecular weight is 400 g/mol. The first kappa shape index (κ1) is 14.2. The predicted octanol–water partition coefficient (Wildman–Crippen LogP) is 4.76. The molecule has 104 valence electrons. The summed E-state index contributed by atoms with van der Waals surface area (Å²) >= 11 is 8.59. The number of rotatable bonds is 2. The molecule has 2 aromatic rings. The first-order valence-electron chi connectivity index (χ1n) is 6.80.